The van der Waals surface area contributed by atoms with Crippen molar-refractivity contribution in [3.63, 3.8) is 0 Å². The van der Waals surface area contributed by atoms with Gasteiger partial charge in [0.25, 0.3) is 5.79 Å². The molecule has 0 aliphatic carbocycles. The predicted molar refractivity (Wildman–Crippen MR) is 149 cm³/mol. The van der Waals surface area contributed by atoms with Crippen LogP contribution in [-0.2, 0) is 35.0 Å². The second-order valence-corrected chi connectivity index (χ2v) is 10.3. The van der Waals surface area contributed by atoms with Crippen LogP contribution in [0.3, 0.4) is 0 Å². The average molecular weight is 615 g/mol. The Kier molecular flexibility index (Phi) is 15.2. The lowest BCUT2D eigenvalue weighted by molar-refractivity contribution is -0.310. The Morgan fingerprint density at radius 3 is 2.40 bits per heavy atom. The van der Waals surface area contributed by atoms with Gasteiger partial charge in [0.15, 0.2) is 0 Å². The van der Waals surface area contributed by atoms with Gasteiger partial charge >= 0.3 is 5.97 Å². The first-order valence-corrected chi connectivity index (χ1v) is 13.9. The number of ether oxygens (including phenoxy) is 3. The second-order valence-electron chi connectivity index (χ2n) is 9.85. The first kappa shape index (κ1) is 35.4. The van der Waals surface area contributed by atoms with E-state index in [1.165, 1.54) is 0 Å². The van der Waals surface area contributed by atoms with Gasteiger partial charge in [-0.25, -0.2) is 4.79 Å². The molecule has 2 rings (SSSR count). The summed E-state index contributed by atoms with van der Waals surface area (Å²) in [5, 5.41) is 56.8. The maximum atomic E-state index is 12.3. The summed E-state index contributed by atoms with van der Waals surface area (Å²) >= 11 is 5.84. The van der Waals surface area contributed by atoms with Gasteiger partial charge in [-0.2, -0.15) is 0 Å². The van der Waals surface area contributed by atoms with Crippen LogP contribution < -0.4 is 10.6 Å². The summed E-state index contributed by atoms with van der Waals surface area (Å²) in [6.07, 6.45) is 0.193. The van der Waals surface area contributed by atoms with Crippen LogP contribution in [0.25, 0.3) is 0 Å². The number of unbranched alkanes of at least 4 members (excludes halogenated alkanes) is 3. The second kappa shape index (κ2) is 18.0. The number of nitrogens with one attached hydrogen (secondary N) is 2. The zero-order valence-corrected chi connectivity index (χ0v) is 23.9. The van der Waals surface area contributed by atoms with Crippen molar-refractivity contribution < 1.29 is 54.1 Å². The SMILES string of the molecule is C#CCOCCCCCCO[C@]1(C(=O)O)C[C@H](O)[C@@H](NC(=O)CO)[C@H]([C@H](O)[C@H](O)CNC(=O)Cc2ccc(Cl)cc2)O1. The Balaban J connectivity index is 2.05. The number of benzene rings is 1. The molecule has 0 unspecified atom stereocenters. The highest BCUT2D eigenvalue weighted by Crippen LogP contribution is 2.33. The maximum absolute atomic E-state index is 12.3. The number of hydrogen-bond donors (Lipinski definition) is 7. The smallest absolute Gasteiger partial charge is 0.364 e. The molecule has 1 aromatic carbocycles. The lowest BCUT2D eigenvalue weighted by atomic mass is 9.88. The van der Waals surface area contributed by atoms with Crippen LogP contribution in [0.2, 0.25) is 5.02 Å². The molecule has 0 aromatic heterocycles. The molecule has 1 aliphatic rings. The molecular weight excluding hydrogens is 576 g/mol. The van der Waals surface area contributed by atoms with Crippen LogP contribution >= 0.6 is 11.6 Å². The minimum atomic E-state index is -2.40. The largest absolute Gasteiger partial charge is 0.477 e. The zero-order chi connectivity index (χ0) is 31.1. The van der Waals surface area contributed by atoms with Gasteiger partial charge in [0.2, 0.25) is 11.8 Å². The van der Waals surface area contributed by atoms with E-state index in [4.69, 9.17) is 37.3 Å². The third-order valence-electron chi connectivity index (χ3n) is 6.59. The Morgan fingerprint density at radius 2 is 1.79 bits per heavy atom. The number of aliphatic hydroxyl groups excluding tert-OH is 4. The number of carbonyl (C=O) groups is 3. The fourth-order valence-corrected chi connectivity index (χ4v) is 4.51. The van der Waals surface area contributed by atoms with Crippen LogP contribution in [0.4, 0.5) is 0 Å². The summed E-state index contributed by atoms with van der Waals surface area (Å²) in [6.45, 7) is -0.769. The molecule has 1 saturated heterocycles. The van der Waals surface area contributed by atoms with Crippen molar-refractivity contribution in [1.82, 2.24) is 10.6 Å². The van der Waals surface area contributed by atoms with Gasteiger partial charge in [0, 0.05) is 24.6 Å². The fourth-order valence-electron chi connectivity index (χ4n) is 4.38. The van der Waals surface area contributed by atoms with Gasteiger partial charge in [0.05, 0.1) is 31.3 Å². The van der Waals surface area contributed by atoms with E-state index in [2.05, 4.69) is 16.6 Å². The maximum Gasteiger partial charge on any atom is 0.364 e. The first-order valence-electron chi connectivity index (χ1n) is 13.5. The van der Waals surface area contributed by atoms with Crippen molar-refractivity contribution in [2.24, 2.45) is 0 Å². The molecule has 13 nitrogen and oxygen atoms in total. The van der Waals surface area contributed by atoms with Gasteiger partial charge in [0.1, 0.15) is 25.4 Å². The minimum absolute atomic E-state index is 0.0400. The van der Waals surface area contributed by atoms with E-state index < -0.39 is 73.6 Å². The molecule has 2 amide bonds. The number of amides is 2. The Morgan fingerprint density at radius 1 is 1.12 bits per heavy atom. The van der Waals surface area contributed by atoms with Gasteiger partial charge in [-0.3, -0.25) is 9.59 Å². The molecule has 1 fully saturated rings. The summed E-state index contributed by atoms with van der Waals surface area (Å²) < 4.78 is 16.5. The molecule has 14 heteroatoms. The third kappa shape index (κ3) is 11.1. The molecule has 1 aliphatic heterocycles. The minimum Gasteiger partial charge on any atom is -0.477 e. The quantitative estimate of drug-likeness (QED) is 0.0818. The monoisotopic (exact) mass is 614 g/mol. The van der Waals surface area contributed by atoms with Gasteiger partial charge in [-0.05, 0) is 30.5 Å². The molecule has 234 valence electrons. The van der Waals surface area contributed by atoms with Crippen LogP contribution in [0, 0.1) is 12.3 Å². The van der Waals surface area contributed by atoms with E-state index in [0.717, 1.165) is 12.8 Å². The molecular formula is C28H39ClN2O11. The zero-order valence-electron chi connectivity index (χ0n) is 23.1. The lowest BCUT2D eigenvalue weighted by Gasteiger charge is -2.46. The number of halogens is 1. The van der Waals surface area contributed by atoms with E-state index in [1.54, 1.807) is 24.3 Å². The van der Waals surface area contributed by atoms with Gasteiger partial charge < -0.3 is 50.4 Å². The van der Waals surface area contributed by atoms with Crippen molar-refractivity contribution >= 4 is 29.4 Å². The molecule has 1 aromatic rings. The van der Waals surface area contributed by atoms with E-state index in [1.807, 2.05) is 0 Å². The van der Waals surface area contributed by atoms with Crippen molar-refractivity contribution in [3.05, 3.63) is 34.9 Å². The summed E-state index contributed by atoms with van der Waals surface area (Å²) in [6, 6.07) is 5.12. The molecule has 0 saturated carbocycles. The van der Waals surface area contributed by atoms with Gasteiger partial charge in [-0.1, -0.05) is 42.5 Å². The Bertz CT molecular complexity index is 1050. The number of carbonyl (C=O) groups excluding carboxylic acids is 2. The van der Waals surface area contributed by atoms with E-state index in [-0.39, 0.29) is 19.6 Å². The number of terminal acetylenes is 1. The van der Waals surface area contributed by atoms with Crippen molar-refractivity contribution in [2.45, 2.75) is 74.8 Å². The van der Waals surface area contributed by atoms with Crippen molar-refractivity contribution in [3.8, 4) is 12.3 Å². The number of carboxylic acids is 1. The average Bonchev–Trinajstić information content (AvgIpc) is 2.96. The van der Waals surface area contributed by atoms with Crippen molar-refractivity contribution in [2.75, 3.05) is 33.0 Å². The molecule has 7 N–H and O–H groups in total. The lowest BCUT2D eigenvalue weighted by Crippen LogP contribution is -2.68. The highest BCUT2D eigenvalue weighted by molar-refractivity contribution is 6.30. The van der Waals surface area contributed by atoms with Crippen LogP contribution in [0.1, 0.15) is 37.7 Å². The van der Waals surface area contributed by atoms with Crippen molar-refractivity contribution in [1.29, 1.82) is 0 Å². The van der Waals surface area contributed by atoms with E-state index >= 15 is 0 Å². The normalized spacial score (nSPS) is 23.4. The predicted octanol–water partition coefficient (Wildman–Crippen LogP) is -0.645. The molecule has 0 spiro atoms. The summed E-state index contributed by atoms with van der Waals surface area (Å²) in [5.41, 5.74) is 0.651. The summed E-state index contributed by atoms with van der Waals surface area (Å²) in [4.78, 5) is 36.6. The number of aliphatic hydroxyl groups is 4. The number of rotatable bonds is 18. The Labute approximate surface area is 249 Å². The Hall–Kier alpha value is -2.80. The standard InChI is InChI=1S/C28H39ClN2O11/c1-2-11-40-12-5-3-4-6-13-41-28(27(38)39)15-20(33)24(31-23(36)17-32)26(42-28)25(37)21(34)16-30-22(35)14-18-7-9-19(29)10-8-18/h1,7-10,20-21,24-26,32-34,37H,3-6,11-17H2,(H,30,35)(H,31,36)(H,38,39)/t20-,21+,24+,25+,26+,28+/m0/s1. The first-order chi connectivity index (χ1) is 20.0. The molecule has 0 radical (unpaired) electrons. The molecule has 6 atom stereocenters. The fraction of sp³-hybridized carbons (Fsp3) is 0.607. The van der Waals surface area contributed by atoms with Crippen LogP contribution in [-0.4, -0.2) is 113 Å². The number of carboxylic acid groups (broad SMARTS) is 1. The highest BCUT2D eigenvalue weighted by Gasteiger charge is 2.55. The highest BCUT2D eigenvalue weighted by atomic mass is 35.5. The molecule has 1 heterocycles. The summed E-state index contributed by atoms with van der Waals surface area (Å²) in [7, 11) is 0. The third-order valence-corrected chi connectivity index (χ3v) is 6.84. The molecule has 0 bridgehead atoms. The number of aliphatic carboxylic acids is 1. The van der Waals surface area contributed by atoms with Crippen LogP contribution in [0.5, 0.6) is 0 Å². The summed E-state index contributed by atoms with van der Waals surface area (Å²) in [5.74, 6) is -3.03. The number of hydrogen-bond acceptors (Lipinski definition) is 10. The van der Waals surface area contributed by atoms with E-state index in [9.17, 15) is 34.8 Å². The molecule has 42 heavy (non-hydrogen) atoms. The van der Waals surface area contributed by atoms with Crippen LogP contribution in [0.15, 0.2) is 24.3 Å². The van der Waals surface area contributed by atoms with E-state index in [0.29, 0.717) is 30.0 Å². The topological polar surface area (TPSA) is 204 Å². The van der Waals surface area contributed by atoms with Gasteiger partial charge in [-0.15, -0.1) is 6.42 Å².